The number of carbonyl (C=O) groups is 3. The Hall–Kier alpha value is -2.61. The lowest BCUT2D eigenvalue weighted by atomic mass is 10.1. The van der Waals surface area contributed by atoms with Crippen molar-refractivity contribution in [2.45, 2.75) is 13.3 Å². The average Bonchev–Trinajstić information content (AvgIpc) is 2.55. The Morgan fingerprint density at radius 1 is 1.29 bits per heavy atom. The zero-order chi connectivity index (χ0) is 17.5. The number of urea groups is 1. The van der Waals surface area contributed by atoms with Gasteiger partial charge in [-0.05, 0) is 37.6 Å². The second-order valence-corrected chi connectivity index (χ2v) is 5.03. The van der Waals surface area contributed by atoms with Crippen molar-refractivity contribution in [2.75, 3.05) is 24.7 Å². The molecule has 1 N–H and O–H groups in total. The summed E-state index contributed by atoms with van der Waals surface area (Å²) in [5.41, 5.74) is 0.182. The molecular formula is C16H18FN3O4. The van der Waals surface area contributed by atoms with Crippen LogP contribution in [0.15, 0.2) is 29.3 Å². The fourth-order valence-electron chi connectivity index (χ4n) is 2.14. The third kappa shape index (κ3) is 4.23. The van der Waals surface area contributed by atoms with Crippen LogP contribution in [0.2, 0.25) is 0 Å². The normalized spacial score (nSPS) is 18.3. The molecule has 2 rings (SSSR count). The maximum atomic E-state index is 13.0. The molecule has 1 heterocycles. The number of hydrogen-bond acceptors (Lipinski definition) is 5. The number of nitrogens with one attached hydrogen (secondary N) is 1. The topological polar surface area (TPSA) is 88.1 Å². The Morgan fingerprint density at radius 2 is 2.00 bits per heavy atom. The van der Waals surface area contributed by atoms with E-state index in [0.29, 0.717) is 26.2 Å². The van der Waals surface area contributed by atoms with Gasteiger partial charge in [-0.3, -0.25) is 19.9 Å². The molecule has 1 aliphatic rings. The highest BCUT2D eigenvalue weighted by atomic mass is 19.1. The van der Waals surface area contributed by atoms with E-state index in [4.69, 9.17) is 4.74 Å². The van der Waals surface area contributed by atoms with Gasteiger partial charge in [0, 0.05) is 26.0 Å². The van der Waals surface area contributed by atoms with Crippen LogP contribution < -0.4 is 10.2 Å². The highest BCUT2D eigenvalue weighted by molar-refractivity contribution is 6.32. The van der Waals surface area contributed by atoms with Crippen LogP contribution in [0.3, 0.4) is 0 Å². The molecule has 4 amide bonds. The Balaban J connectivity index is 2.07. The van der Waals surface area contributed by atoms with Gasteiger partial charge >= 0.3 is 6.03 Å². The third-order valence-corrected chi connectivity index (χ3v) is 3.32. The number of hydrogen-bond donors (Lipinski definition) is 1. The molecule has 0 aromatic heterocycles. The lowest BCUT2D eigenvalue weighted by Crippen LogP contribution is -2.58. The monoisotopic (exact) mass is 335 g/mol. The predicted molar refractivity (Wildman–Crippen MR) is 85.4 cm³/mol. The molecule has 0 radical (unpaired) electrons. The summed E-state index contributed by atoms with van der Waals surface area (Å²) in [6, 6.07) is 3.97. The van der Waals surface area contributed by atoms with Crippen molar-refractivity contribution in [3.63, 3.8) is 0 Å². The Morgan fingerprint density at radius 3 is 2.67 bits per heavy atom. The van der Waals surface area contributed by atoms with E-state index in [1.165, 1.54) is 18.3 Å². The first-order chi connectivity index (χ1) is 11.5. The van der Waals surface area contributed by atoms with E-state index in [1.807, 2.05) is 6.92 Å². The van der Waals surface area contributed by atoms with Gasteiger partial charge in [0.1, 0.15) is 5.82 Å². The van der Waals surface area contributed by atoms with Gasteiger partial charge < -0.3 is 4.74 Å². The molecule has 1 saturated heterocycles. The number of benzene rings is 1. The average molecular weight is 335 g/mol. The first kappa shape index (κ1) is 17.7. The largest absolute Gasteiger partial charge is 0.382 e. The number of barbiturate groups is 1. The fraction of sp³-hybridized carbons (Fsp3) is 0.375. The van der Waals surface area contributed by atoms with E-state index in [0.717, 1.165) is 17.0 Å². The van der Waals surface area contributed by atoms with Crippen molar-refractivity contribution < 1.29 is 23.5 Å². The van der Waals surface area contributed by atoms with Crippen LogP contribution in [0.25, 0.3) is 0 Å². The third-order valence-electron chi connectivity index (χ3n) is 3.32. The van der Waals surface area contributed by atoms with E-state index in [-0.39, 0.29) is 5.69 Å². The number of rotatable bonds is 7. The zero-order valence-electron chi connectivity index (χ0n) is 13.2. The Labute approximate surface area is 138 Å². The minimum atomic E-state index is -1.19. The number of amides is 4. The van der Waals surface area contributed by atoms with Gasteiger partial charge in [0.15, 0.2) is 5.92 Å². The number of halogens is 1. The summed E-state index contributed by atoms with van der Waals surface area (Å²) < 4.78 is 18.2. The molecule has 7 nitrogen and oxygen atoms in total. The standard InChI is InChI=1S/C16H18FN3O4/c1-2-24-9-3-8-18-10-13-14(21)19-16(23)20(15(13)22)12-6-4-11(17)5-7-12/h4-7,10,13H,2-3,8-9H2,1H3,(H,19,21,23). The molecule has 1 fully saturated rings. The van der Waals surface area contributed by atoms with Gasteiger partial charge in [-0.1, -0.05) is 0 Å². The summed E-state index contributed by atoms with van der Waals surface area (Å²) in [5, 5.41) is 2.10. The lowest BCUT2D eigenvalue weighted by Gasteiger charge is -2.28. The maximum Gasteiger partial charge on any atom is 0.335 e. The predicted octanol–water partition coefficient (Wildman–Crippen LogP) is 1.52. The molecule has 0 saturated carbocycles. The van der Waals surface area contributed by atoms with Crippen molar-refractivity contribution in [3.05, 3.63) is 30.1 Å². The minimum absolute atomic E-state index is 0.182. The molecule has 0 aliphatic carbocycles. The van der Waals surface area contributed by atoms with Crippen molar-refractivity contribution in [2.24, 2.45) is 10.9 Å². The van der Waals surface area contributed by atoms with E-state index < -0.39 is 29.6 Å². The minimum Gasteiger partial charge on any atom is -0.382 e. The van der Waals surface area contributed by atoms with Gasteiger partial charge in [-0.15, -0.1) is 0 Å². The number of anilines is 1. The van der Waals surface area contributed by atoms with Crippen LogP contribution in [0.1, 0.15) is 13.3 Å². The SMILES string of the molecule is CCOCCCN=CC1C(=O)NC(=O)N(c2ccc(F)cc2)C1=O. The van der Waals surface area contributed by atoms with Crippen LogP contribution in [0.4, 0.5) is 14.9 Å². The highest BCUT2D eigenvalue weighted by Crippen LogP contribution is 2.20. The quantitative estimate of drug-likeness (QED) is 0.465. The Kier molecular flexibility index (Phi) is 6.14. The van der Waals surface area contributed by atoms with Crippen molar-refractivity contribution in [3.8, 4) is 0 Å². The summed E-state index contributed by atoms with van der Waals surface area (Å²) in [6.45, 7) is 3.44. The van der Waals surface area contributed by atoms with Crippen LogP contribution in [-0.4, -0.2) is 43.8 Å². The van der Waals surface area contributed by atoms with E-state index in [9.17, 15) is 18.8 Å². The molecule has 0 spiro atoms. The molecule has 0 bridgehead atoms. The number of nitrogens with zero attached hydrogens (tertiary/aromatic N) is 2. The zero-order valence-corrected chi connectivity index (χ0v) is 13.2. The first-order valence-electron chi connectivity index (χ1n) is 7.56. The number of carbonyl (C=O) groups excluding carboxylic acids is 3. The molecule has 128 valence electrons. The van der Waals surface area contributed by atoms with E-state index >= 15 is 0 Å². The molecule has 1 aliphatic heterocycles. The number of ether oxygens (including phenoxy) is 1. The van der Waals surface area contributed by atoms with Gasteiger partial charge in [-0.2, -0.15) is 0 Å². The summed E-state index contributed by atoms with van der Waals surface area (Å²) in [4.78, 5) is 41.1. The number of imide groups is 2. The smallest absolute Gasteiger partial charge is 0.335 e. The fourth-order valence-corrected chi connectivity index (χ4v) is 2.14. The molecule has 8 heteroatoms. The maximum absolute atomic E-state index is 13.0. The summed E-state index contributed by atoms with van der Waals surface area (Å²) in [7, 11) is 0. The molecule has 1 atom stereocenters. The lowest BCUT2D eigenvalue weighted by molar-refractivity contribution is -0.131. The first-order valence-corrected chi connectivity index (χ1v) is 7.56. The van der Waals surface area contributed by atoms with Gasteiger partial charge in [-0.25, -0.2) is 14.1 Å². The van der Waals surface area contributed by atoms with Crippen LogP contribution in [0, 0.1) is 11.7 Å². The van der Waals surface area contributed by atoms with E-state index in [2.05, 4.69) is 10.3 Å². The number of aliphatic imine (C=N–C) groups is 1. The van der Waals surface area contributed by atoms with Crippen molar-refractivity contribution in [1.29, 1.82) is 0 Å². The second kappa shape index (κ2) is 8.30. The second-order valence-electron chi connectivity index (χ2n) is 5.03. The van der Waals surface area contributed by atoms with Crippen LogP contribution in [-0.2, 0) is 14.3 Å². The van der Waals surface area contributed by atoms with Crippen molar-refractivity contribution in [1.82, 2.24) is 5.32 Å². The van der Waals surface area contributed by atoms with Crippen LogP contribution >= 0.6 is 0 Å². The summed E-state index contributed by atoms with van der Waals surface area (Å²) >= 11 is 0. The summed E-state index contributed by atoms with van der Waals surface area (Å²) in [5.74, 6) is -3.13. The van der Waals surface area contributed by atoms with Gasteiger partial charge in [0.05, 0.1) is 5.69 Å². The molecule has 1 aromatic rings. The highest BCUT2D eigenvalue weighted by Gasteiger charge is 2.40. The molecule has 24 heavy (non-hydrogen) atoms. The molecule has 1 unspecified atom stereocenters. The molecule has 1 aromatic carbocycles. The van der Waals surface area contributed by atoms with Crippen LogP contribution in [0.5, 0.6) is 0 Å². The van der Waals surface area contributed by atoms with Gasteiger partial charge in [0.2, 0.25) is 5.91 Å². The Bertz CT molecular complexity index is 645. The summed E-state index contributed by atoms with van der Waals surface area (Å²) in [6.07, 6.45) is 1.89. The van der Waals surface area contributed by atoms with E-state index in [1.54, 1.807) is 0 Å². The van der Waals surface area contributed by atoms with Gasteiger partial charge in [0.25, 0.3) is 5.91 Å². The van der Waals surface area contributed by atoms with Crippen molar-refractivity contribution >= 4 is 29.7 Å². The molecular weight excluding hydrogens is 317 g/mol.